The molecule has 2 N–H and O–H groups in total. The highest BCUT2D eigenvalue weighted by Gasteiger charge is 2.15. The molecule has 1 aromatic carbocycles. The van der Waals surface area contributed by atoms with Crippen LogP contribution < -0.4 is 10.6 Å². The quantitative estimate of drug-likeness (QED) is 0.684. The van der Waals surface area contributed by atoms with Crippen LogP contribution in [0.2, 0.25) is 5.02 Å². The molecule has 0 saturated carbocycles. The van der Waals surface area contributed by atoms with Crippen LogP contribution in [-0.4, -0.2) is 16.8 Å². The molecular weight excluding hydrogens is 381 g/mol. The largest absolute Gasteiger partial charge is 0.458 e. The van der Waals surface area contributed by atoms with Crippen LogP contribution in [0, 0.1) is 5.82 Å². The number of halogens is 2. The zero-order valence-electron chi connectivity index (χ0n) is 13.5. The van der Waals surface area contributed by atoms with E-state index in [0.29, 0.717) is 22.3 Å². The van der Waals surface area contributed by atoms with Gasteiger partial charge in [-0.1, -0.05) is 11.6 Å². The van der Waals surface area contributed by atoms with Crippen LogP contribution in [0.3, 0.4) is 0 Å². The van der Waals surface area contributed by atoms with E-state index in [0.717, 1.165) is 12.1 Å². The van der Waals surface area contributed by atoms with Crippen LogP contribution in [0.4, 0.5) is 9.52 Å². The summed E-state index contributed by atoms with van der Waals surface area (Å²) < 4.78 is 18.7. The van der Waals surface area contributed by atoms with Gasteiger partial charge >= 0.3 is 0 Å². The Kier molecular flexibility index (Phi) is 5.34. The molecule has 3 rings (SSSR count). The minimum Gasteiger partial charge on any atom is -0.458 e. The van der Waals surface area contributed by atoms with Gasteiger partial charge in [-0.05, 0) is 30.3 Å². The van der Waals surface area contributed by atoms with Gasteiger partial charge in [0.05, 0.1) is 17.1 Å². The van der Waals surface area contributed by atoms with Gasteiger partial charge in [-0.15, -0.1) is 11.3 Å². The number of aromatic nitrogens is 1. The second-order valence-corrected chi connectivity index (χ2v) is 6.56. The van der Waals surface area contributed by atoms with Gasteiger partial charge in [0.1, 0.15) is 17.3 Å². The number of benzene rings is 1. The van der Waals surface area contributed by atoms with Crippen LogP contribution in [0.5, 0.6) is 0 Å². The fraction of sp³-hybridized carbons (Fsp3) is 0.118. The van der Waals surface area contributed by atoms with Gasteiger partial charge in [0.25, 0.3) is 5.91 Å². The van der Waals surface area contributed by atoms with E-state index in [1.807, 2.05) is 0 Å². The molecule has 0 fully saturated rings. The normalized spacial score (nSPS) is 10.6. The van der Waals surface area contributed by atoms with E-state index in [2.05, 4.69) is 15.6 Å². The number of carbonyl (C=O) groups excluding carboxylic acids is 2. The number of nitrogens with zero attached hydrogens (tertiary/aromatic N) is 1. The van der Waals surface area contributed by atoms with E-state index < -0.39 is 11.7 Å². The van der Waals surface area contributed by atoms with Crippen molar-refractivity contribution in [3.05, 3.63) is 57.9 Å². The topological polar surface area (TPSA) is 84.2 Å². The zero-order valence-corrected chi connectivity index (χ0v) is 15.1. The van der Waals surface area contributed by atoms with Gasteiger partial charge < -0.3 is 9.73 Å². The van der Waals surface area contributed by atoms with Crippen molar-refractivity contribution in [2.24, 2.45) is 0 Å². The summed E-state index contributed by atoms with van der Waals surface area (Å²) in [4.78, 5) is 27.4. The fourth-order valence-corrected chi connectivity index (χ4v) is 3.05. The Hall–Kier alpha value is -2.71. The molecule has 0 aliphatic carbocycles. The fourth-order valence-electron chi connectivity index (χ4n) is 2.10. The molecule has 0 spiro atoms. The van der Waals surface area contributed by atoms with E-state index in [-0.39, 0.29) is 23.0 Å². The molecule has 0 aliphatic heterocycles. The second-order valence-electron chi connectivity index (χ2n) is 5.29. The van der Waals surface area contributed by atoms with Crippen molar-refractivity contribution in [3.63, 3.8) is 0 Å². The molecule has 3 aromatic rings. The number of anilines is 1. The first-order valence-electron chi connectivity index (χ1n) is 7.48. The van der Waals surface area contributed by atoms with Crippen molar-refractivity contribution in [2.45, 2.75) is 13.5 Å². The Morgan fingerprint density at radius 1 is 1.31 bits per heavy atom. The summed E-state index contributed by atoms with van der Waals surface area (Å²) in [5.41, 5.74) is 0.699. The molecule has 0 unspecified atom stereocenters. The van der Waals surface area contributed by atoms with Crippen LogP contribution in [0.25, 0.3) is 11.5 Å². The summed E-state index contributed by atoms with van der Waals surface area (Å²) in [7, 11) is 0. The predicted molar refractivity (Wildman–Crippen MR) is 96.7 cm³/mol. The van der Waals surface area contributed by atoms with Crippen LogP contribution >= 0.6 is 22.9 Å². The van der Waals surface area contributed by atoms with Crippen molar-refractivity contribution >= 4 is 39.9 Å². The zero-order chi connectivity index (χ0) is 18.7. The molecule has 0 atom stereocenters. The Balaban J connectivity index is 1.70. The van der Waals surface area contributed by atoms with Crippen molar-refractivity contribution < 1.29 is 18.4 Å². The lowest BCUT2D eigenvalue weighted by Gasteiger charge is -2.03. The highest BCUT2D eigenvalue weighted by atomic mass is 35.5. The minimum absolute atomic E-state index is 0.0212. The van der Waals surface area contributed by atoms with Crippen molar-refractivity contribution in [1.82, 2.24) is 10.3 Å². The first-order chi connectivity index (χ1) is 12.4. The van der Waals surface area contributed by atoms with Crippen LogP contribution in [0.15, 0.2) is 40.1 Å². The standard InChI is InChI=1S/C17H13ClFN3O3S/c1-9(23)20-7-11-3-5-15(25-11)14-8-26-17(21-14)22-16(24)12-4-2-10(19)6-13(12)18/h2-6,8H,7H2,1H3,(H,20,23)(H,21,22,24). The third-order valence-corrected chi connectivity index (χ3v) is 4.40. The molecule has 0 saturated heterocycles. The smallest absolute Gasteiger partial charge is 0.258 e. The molecule has 26 heavy (non-hydrogen) atoms. The van der Waals surface area contributed by atoms with Crippen LogP contribution in [-0.2, 0) is 11.3 Å². The molecule has 0 bridgehead atoms. The first kappa shape index (κ1) is 18.1. The van der Waals surface area contributed by atoms with Gasteiger partial charge in [0.2, 0.25) is 5.91 Å². The molecule has 2 heterocycles. The van der Waals surface area contributed by atoms with Crippen molar-refractivity contribution in [3.8, 4) is 11.5 Å². The maximum absolute atomic E-state index is 13.1. The molecule has 6 nitrogen and oxygen atoms in total. The SMILES string of the molecule is CC(=O)NCc1ccc(-c2csc(NC(=O)c3ccc(F)cc3Cl)n2)o1. The van der Waals surface area contributed by atoms with E-state index in [9.17, 15) is 14.0 Å². The Morgan fingerprint density at radius 3 is 2.85 bits per heavy atom. The summed E-state index contributed by atoms with van der Waals surface area (Å²) in [5, 5.41) is 7.36. The number of nitrogens with one attached hydrogen (secondary N) is 2. The number of thiazole rings is 1. The summed E-state index contributed by atoms with van der Waals surface area (Å²) in [6, 6.07) is 7.01. The van der Waals surface area contributed by atoms with Crippen molar-refractivity contribution in [1.29, 1.82) is 0 Å². The van der Waals surface area contributed by atoms with Crippen molar-refractivity contribution in [2.75, 3.05) is 5.32 Å². The average Bonchev–Trinajstić information content (AvgIpc) is 3.21. The molecule has 2 amide bonds. The van der Waals surface area contributed by atoms with Gasteiger partial charge in [-0.3, -0.25) is 14.9 Å². The summed E-state index contributed by atoms with van der Waals surface area (Å²) in [5.74, 6) is -0.0486. The summed E-state index contributed by atoms with van der Waals surface area (Å²) >= 11 is 7.10. The van der Waals surface area contributed by atoms with Gasteiger partial charge in [-0.25, -0.2) is 9.37 Å². The minimum atomic E-state index is -0.518. The van der Waals surface area contributed by atoms with Gasteiger partial charge in [-0.2, -0.15) is 0 Å². The molecule has 2 aromatic heterocycles. The number of hydrogen-bond acceptors (Lipinski definition) is 5. The third-order valence-electron chi connectivity index (χ3n) is 3.33. The van der Waals surface area contributed by atoms with Crippen LogP contribution in [0.1, 0.15) is 23.0 Å². The molecular formula is C17H13ClFN3O3S. The van der Waals surface area contributed by atoms with Gasteiger partial charge in [0.15, 0.2) is 10.9 Å². The highest BCUT2D eigenvalue weighted by molar-refractivity contribution is 7.14. The maximum Gasteiger partial charge on any atom is 0.258 e. The average molecular weight is 394 g/mol. The lowest BCUT2D eigenvalue weighted by Crippen LogP contribution is -2.18. The van der Waals surface area contributed by atoms with E-state index >= 15 is 0 Å². The van der Waals surface area contributed by atoms with E-state index in [1.165, 1.54) is 24.3 Å². The summed E-state index contributed by atoms with van der Waals surface area (Å²) in [6.45, 7) is 1.71. The Bertz CT molecular complexity index is 970. The number of rotatable bonds is 5. The Labute approximate surface area is 157 Å². The number of amides is 2. The van der Waals surface area contributed by atoms with Gasteiger partial charge in [0, 0.05) is 12.3 Å². The number of hydrogen-bond donors (Lipinski definition) is 2. The molecule has 0 radical (unpaired) electrons. The number of furan rings is 1. The molecule has 0 aliphatic rings. The lowest BCUT2D eigenvalue weighted by molar-refractivity contribution is -0.119. The molecule has 134 valence electrons. The highest BCUT2D eigenvalue weighted by Crippen LogP contribution is 2.27. The molecule has 9 heteroatoms. The summed E-state index contributed by atoms with van der Waals surface area (Å²) in [6.07, 6.45) is 0. The Morgan fingerprint density at radius 2 is 2.12 bits per heavy atom. The first-order valence-corrected chi connectivity index (χ1v) is 8.73. The third kappa shape index (κ3) is 4.27. The van der Waals surface area contributed by atoms with E-state index in [1.54, 1.807) is 17.5 Å². The van der Waals surface area contributed by atoms with E-state index in [4.69, 9.17) is 16.0 Å². The monoisotopic (exact) mass is 393 g/mol. The predicted octanol–water partition coefficient (Wildman–Crippen LogP) is 4.08. The maximum atomic E-state index is 13.1. The lowest BCUT2D eigenvalue weighted by atomic mass is 10.2. The number of carbonyl (C=O) groups is 2. The second kappa shape index (κ2) is 7.67.